The Balaban J connectivity index is 1.88. The molecular formula is C19H23N3O3. The second-order valence-corrected chi connectivity index (χ2v) is 5.71. The monoisotopic (exact) mass is 341 g/mol. The van der Waals surface area contributed by atoms with Gasteiger partial charge in [0.05, 0.1) is 13.2 Å². The molecule has 1 unspecified atom stereocenters. The minimum atomic E-state index is -0.606. The van der Waals surface area contributed by atoms with E-state index < -0.39 is 6.03 Å². The fraction of sp³-hybridized carbons (Fsp3) is 0.263. The second kappa shape index (κ2) is 8.73. The summed E-state index contributed by atoms with van der Waals surface area (Å²) in [5.74, 6) is 0.763. The first-order valence-corrected chi connectivity index (χ1v) is 8.07. The smallest absolute Gasteiger partial charge is 0.316 e. The van der Waals surface area contributed by atoms with E-state index in [1.54, 1.807) is 19.2 Å². The minimum Gasteiger partial charge on any atom is -0.496 e. The summed E-state index contributed by atoms with van der Waals surface area (Å²) in [6.45, 7) is 1.91. The Bertz CT molecular complexity index is 729. The van der Waals surface area contributed by atoms with Crippen LogP contribution < -0.4 is 21.1 Å². The van der Waals surface area contributed by atoms with Gasteiger partial charge in [-0.2, -0.15) is 0 Å². The van der Waals surface area contributed by atoms with Gasteiger partial charge >= 0.3 is 6.03 Å². The molecule has 0 bridgehead atoms. The normalized spacial score (nSPS) is 11.4. The second-order valence-electron chi connectivity index (χ2n) is 5.71. The van der Waals surface area contributed by atoms with Crippen molar-refractivity contribution in [2.24, 2.45) is 5.73 Å². The molecular weight excluding hydrogens is 318 g/mol. The Labute approximate surface area is 147 Å². The molecule has 0 aliphatic heterocycles. The summed E-state index contributed by atoms with van der Waals surface area (Å²) < 4.78 is 5.30. The lowest BCUT2D eigenvalue weighted by atomic mass is 10.1. The lowest BCUT2D eigenvalue weighted by Gasteiger charge is -2.15. The van der Waals surface area contributed by atoms with Gasteiger partial charge in [0.25, 0.3) is 0 Å². The van der Waals surface area contributed by atoms with Gasteiger partial charge in [0, 0.05) is 12.1 Å². The van der Waals surface area contributed by atoms with Crippen molar-refractivity contribution in [3.8, 4) is 5.75 Å². The quantitative estimate of drug-likeness (QED) is 0.722. The van der Waals surface area contributed by atoms with Gasteiger partial charge < -0.3 is 21.1 Å². The molecule has 6 heteroatoms. The first kappa shape index (κ1) is 18.3. The van der Waals surface area contributed by atoms with Gasteiger partial charge in [0.15, 0.2) is 0 Å². The molecule has 0 saturated carbocycles. The van der Waals surface area contributed by atoms with E-state index in [2.05, 4.69) is 10.6 Å². The fourth-order valence-electron chi connectivity index (χ4n) is 2.55. The Morgan fingerprint density at radius 2 is 1.80 bits per heavy atom. The molecule has 2 aromatic rings. The van der Waals surface area contributed by atoms with E-state index in [4.69, 9.17) is 10.5 Å². The van der Waals surface area contributed by atoms with Crippen LogP contribution in [0.25, 0.3) is 0 Å². The number of carbonyl (C=O) groups is 2. The van der Waals surface area contributed by atoms with Crippen molar-refractivity contribution in [2.45, 2.75) is 25.8 Å². The number of hydrogen-bond donors (Lipinski definition) is 3. The van der Waals surface area contributed by atoms with Crippen molar-refractivity contribution in [1.82, 2.24) is 5.32 Å². The number of hydrogen-bond acceptors (Lipinski definition) is 3. The zero-order valence-electron chi connectivity index (χ0n) is 14.4. The highest BCUT2D eigenvalue weighted by atomic mass is 16.5. The van der Waals surface area contributed by atoms with Crippen molar-refractivity contribution in [3.63, 3.8) is 0 Å². The number of carbonyl (C=O) groups excluding carboxylic acids is 2. The summed E-state index contributed by atoms with van der Waals surface area (Å²) in [5, 5.41) is 5.47. The van der Waals surface area contributed by atoms with Crippen LogP contribution >= 0.6 is 0 Å². The molecule has 0 fully saturated rings. The molecule has 1 atom stereocenters. The molecule has 132 valence electrons. The summed E-state index contributed by atoms with van der Waals surface area (Å²) in [4.78, 5) is 23.0. The Hall–Kier alpha value is -3.02. The van der Waals surface area contributed by atoms with Crippen LogP contribution in [0.1, 0.15) is 30.5 Å². The molecule has 0 spiro atoms. The van der Waals surface area contributed by atoms with Crippen LogP contribution in [-0.4, -0.2) is 19.0 Å². The Morgan fingerprint density at radius 1 is 1.12 bits per heavy atom. The number of benzene rings is 2. The highest BCUT2D eigenvalue weighted by Gasteiger charge is 2.11. The standard InChI is InChI=1S/C19H23N3O3/c1-13(14-7-10-16(11-8-14)22-19(20)24)21-18(23)12-9-15-5-3-4-6-17(15)25-2/h3-8,10-11,13H,9,12H2,1-2H3,(H,21,23)(H3,20,22,24). The van der Waals surface area contributed by atoms with E-state index in [0.29, 0.717) is 18.5 Å². The van der Waals surface area contributed by atoms with Crippen LogP contribution in [0.3, 0.4) is 0 Å². The molecule has 0 heterocycles. The van der Waals surface area contributed by atoms with Crippen molar-refractivity contribution < 1.29 is 14.3 Å². The average Bonchev–Trinajstić information content (AvgIpc) is 2.60. The first-order valence-electron chi connectivity index (χ1n) is 8.07. The van der Waals surface area contributed by atoms with Gasteiger partial charge in [0.1, 0.15) is 5.75 Å². The number of urea groups is 1. The number of nitrogens with two attached hydrogens (primary N) is 1. The Morgan fingerprint density at radius 3 is 2.44 bits per heavy atom. The molecule has 2 rings (SSSR count). The topological polar surface area (TPSA) is 93.4 Å². The first-order chi connectivity index (χ1) is 12.0. The van der Waals surface area contributed by atoms with Crippen LogP contribution in [0.5, 0.6) is 5.75 Å². The van der Waals surface area contributed by atoms with E-state index in [-0.39, 0.29) is 11.9 Å². The number of methoxy groups -OCH3 is 1. The molecule has 6 nitrogen and oxygen atoms in total. The number of aryl methyl sites for hydroxylation is 1. The van der Waals surface area contributed by atoms with Gasteiger partial charge in [0.2, 0.25) is 5.91 Å². The number of amides is 3. The molecule has 4 N–H and O–H groups in total. The van der Waals surface area contributed by atoms with Gasteiger partial charge in [-0.05, 0) is 42.7 Å². The van der Waals surface area contributed by atoms with Crippen molar-refractivity contribution >= 4 is 17.6 Å². The van der Waals surface area contributed by atoms with Crippen LogP contribution in [0.2, 0.25) is 0 Å². The molecule has 0 aromatic heterocycles. The summed E-state index contributed by atoms with van der Waals surface area (Å²) in [5.41, 5.74) is 7.64. The van der Waals surface area contributed by atoms with E-state index >= 15 is 0 Å². The van der Waals surface area contributed by atoms with Gasteiger partial charge in [-0.15, -0.1) is 0 Å². The fourth-order valence-corrected chi connectivity index (χ4v) is 2.55. The van der Waals surface area contributed by atoms with Crippen LogP contribution in [0, 0.1) is 0 Å². The largest absolute Gasteiger partial charge is 0.496 e. The van der Waals surface area contributed by atoms with E-state index in [1.807, 2.05) is 43.3 Å². The van der Waals surface area contributed by atoms with Crippen molar-refractivity contribution in [2.75, 3.05) is 12.4 Å². The molecule has 25 heavy (non-hydrogen) atoms. The summed E-state index contributed by atoms with van der Waals surface area (Å²) in [6.07, 6.45) is 0.996. The third kappa shape index (κ3) is 5.53. The van der Waals surface area contributed by atoms with Crippen LogP contribution in [0.15, 0.2) is 48.5 Å². The highest BCUT2D eigenvalue weighted by molar-refractivity contribution is 5.87. The third-order valence-corrected chi connectivity index (χ3v) is 3.87. The molecule has 2 aromatic carbocycles. The lowest BCUT2D eigenvalue weighted by Crippen LogP contribution is -2.26. The maximum Gasteiger partial charge on any atom is 0.316 e. The van der Waals surface area contributed by atoms with Crippen molar-refractivity contribution in [3.05, 3.63) is 59.7 Å². The van der Waals surface area contributed by atoms with Crippen molar-refractivity contribution in [1.29, 1.82) is 0 Å². The van der Waals surface area contributed by atoms with E-state index in [0.717, 1.165) is 16.9 Å². The van der Waals surface area contributed by atoms with E-state index in [1.165, 1.54) is 0 Å². The number of para-hydroxylation sites is 1. The van der Waals surface area contributed by atoms with Crippen LogP contribution in [0.4, 0.5) is 10.5 Å². The summed E-state index contributed by atoms with van der Waals surface area (Å²) >= 11 is 0. The lowest BCUT2D eigenvalue weighted by molar-refractivity contribution is -0.121. The SMILES string of the molecule is COc1ccccc1CCC(=O)NC(C)c1ccc(NC(N)=O)cc1. The highest BCUT2D eigenvalue weighted by Crippen LogP contribution is 2.20. The molecule has 0 saturated heterocycles. The minimum absolute atomic E-state index is 0.0299. The number of nitrogens with one attached hydrogen (secondary N) is 2. The maximum atomic E-state index is 12.2. The summed E-state index contributed by atoms with van der Waals surface area (Å²) in [7, 11) is 1.62. The molecule has 3 amide bonds. The molecule has 0 aliphatic rings. The number of anilines is 1. The Kier molecular flexibility index (Phi) is 6.39. The van der Waals surface area contributed by atoms with Gasteiger partial charge in [-0.3, -0.25) is 4.79 Å². The maximum absolute atomic E-state index is 12.2. The number of primary amides is 1. The summed E-state index contributed by atoms with van der Waals surface area (Å²) in [6, 6.07) is 14.1. The molecule has 0 radical (unpaired) electrons. The van der Waals surface area contributed by atoms with E-state index in [9.17, 15) is 9.59 Å². The number of ether oxygens (including phenoxy) is 1. The van der Waals surface area contributed by atoms with Gasteiger partial charge in [-0.1, -0.05) is 30.3 Å². The zero-order valence-corrected chi connectivity index (χ0v) is 14.4. The predicted octanol–water partition coefficient (Wildman–Crippen LogP) is 3.00. The average molecular weight is 341 g/mol. The third-order valence-electron chi connectivity index (χ3n) is 3.87. The van der Waals surface area contributed by atoms with Gasteiger partial charge in [-0.25, -0.2) is 4.79 Å². The zero-order chi connectivity index (χ0) is 18.2. The van der Waals surface area contributed by atoms with Crippen LogP contribution in [-0.2, 0) is 11.2 Å². The predicted molar refractivity (Wildman–Crippen MR) is 97.5 cm³/mol. The molecule has 0 aliphatic carbocycles. The number of rotatable bonds is 7.